The van der Waals surface area contributed by atoms with Gasteiger partial charge < -0.3 is 14.4 Å². The molecule has 2 aliphatic rings. The van der Waals surface area contributed by atoms with Crippen molar-refractivity contribution in [1.82, 2.24) is 0 Å². The first-order valence-corrected chi connectivity index (χ1v) is 13.6. The second-order valence-corrected chi connectivity index (χ2v) is 10.5. The van der Waals surface area contributed by atoms with Crippen LogP contribution >= 0.6 is 0 Å². The summed E-state index contributed by atoms with van der Waals surface area (Å²) in [5.41, 5.74) is 5.16. The lowest BCUT2D eigenvalue weighted by Crippen LogP contribution is -2.35. The van der Waals surface area contributed by atoms with E-state index >= 15 is 0 Å². The molecule has 0 amide bonds. The van der Waals surface area contributed by atoms with Crippen molar-refractivity contribution in [3.63, 3.8) is 0 Å². The number of benzene rings is 3. The zero-order valence-corrected chi connectivity index (χ0v) is 22.8. The summed E-state index contributed by atoms with van der Waals surface area (Å²) >= 11 is 0. The molecule has 0 bridgehead atoms. The smallest absolute Gasteiger partial charge is 0.307 e. The summed E-state index contributed by atoms with van der Waals surface area (Å²) in [6, 6.07) is 23.0. The average Bonchev–Trinajstić information content (AvgIpc) is 3.29. The van der Waals surface area contributed by atoms with Gasteiger partial charge in [0, 0.05) is 30.8 Å². The van der Waals surface area contributed by atoms with Gasteiger partial charge in [-0.2, -0.15) is 5.10 Å². The van der Waals surface area contributed by atoms with Crippen LogP contribution in [0.3, 0.4) is 0 Å². The second-order valence-electron chi connectivity index (χ2n) is 10.5. The van der Waals surface area contributed by atoms with Crippen LogP contribution in [0.4, 0.5) is 15.8 Å². The van der Waals surface area contributed by atoms with E-state index < -0.39 is 0 Å². The largest absolute Gasteiger partial charge is 0.497 e. The SMILES string of the molecule is COC(=O)C[C@H]1[C@H](C)C(c2ccc(F)cc2)=NN1c1ccc(CC2CCN(c3cccc(OC)c3)CC2)cc1. The fourth-order valence-electron chi connectivity index (χ4n) is 5.70. The lowest BCUT2D eigenvalue weighted by Gasteiger charge is -2.34. The Morgan fingerprint density at radius 3 is 2.36 bits per heavy atom. The molecule has 0 saturated carbocycles. The molecule has 1 fully saturated rings. The van der Waals surface area contributed by atoms with Gasteiger partial charge in [0.25, 0.3) is 0 Å². The summed E-state index contributed by atoms with van der Waals surface area (Å²) in [6.45, 7) is 4.14. The van der Waals surface area contributed by atoms with Crippen LogP contribution in [0.1, 0.15) is 37.3 Å². The number of carbonyl (C=O) groups excluding carboxylic acids is 1. The van der Waals surface area contributed by atoms with Gasteiger partial charge in [0.05, 0.1) is 38.1 Å². The molecule has 6 nitrogen and oxygen atoms in total. The predicted molar refractivity (Wildman–Crippen MR) is 153 cm³/mol. The third-order valence-electron chi connectivity index (χ3n) is 8.04. The van der Waals surface area contributed by atoms with Crippen LogP contribution < -0.4 is 14.6 Å². The Balaban J connectivity index is 1.26. The van der Waals surface area contributed by atoms with Crippen LogP contribution in [0.25, 0.3) is 0 Å². The van der Waals surface area contributed by atoms with Gasteiger partial charge >= 0.3 is 5.97 Å². The maximum absolute atomic E-state index is 13.5. The number of piperidine rings is 1. The Morgan fingerprint density at radius 2 is 1.69 bits per heavy atom. The van der Waals surface area contributed by atoms with E-state index in [0.717, 1.165) is 55.1 Å². The van der Waals surface area contributed by atoms with Crippen LogP contribution in [0.2, 0.25) is 0 Å². The summed E-state index contributed by atoms with van der Waals surface area (Å²) in [6.07, 6.45) is 3.56. The number of anilines is 2. The molecule has 0 spiro atoms. The van der Waals surface area contributed by atoms with Gasteiger partial charge in [0.1, 0.15) is 11.6 Å². The van der Waals surface area contributed by atoms with Gasteiger partial charge in [0.15, 0.2) is 0 Å². The van der Waals surface area contributed by atoms with E-state index in [0.29, 0.717) is 5.92 Å². The van der Waals surface area contributed by atoms with Crippen LogP contribution in [0.15, 0.2) is 77.9 Å². The molecule has 204 valence electrons. The van der Waals surface area contributed by atoms with E-state index in [4.69, 9.17) is 14.6 Å². The molecule has 7 heteroatoms. The highest BCUT2D eigenvalue weighted by Gasteiger charge is 2.37. The van der Waals surface area contributed by atoms with Gasteiger partial charge in [-0.25, -0.2) is 4.39 Å². The van der Waals surface area contributed by atoms with Crippen molar-refractivity contribution in [3.8, 4) is 5.75 Å². The Labute approximate surface area is 230 Å². The van der Waals surface area contributed by atoms with Crippen molar-refractivity contribution in [2.45, 2.75) is 38.6 Å². The van der Waals surface area contributed by atoms with Gasteiger partial charge in [-0.1, -0.05) is 37.3 Å². The minimum absolute atomic E-state index is 0.0241. The molecule has 3 aromatic rings. The zero-order chi connectivity index (χ0) is 27.4. The highest BCUT2D eigenvalue weighted by molar-refractivity contribution is 6.05. The maximum atomic E-state index is 13.5. The summed E-state index contributed by atoms with van der Waals surface area (Å²) in [7, 11) is 3.11. The molecule has 0 N–H and O–H groups in total. The van der Waals surface area contributed by atoms with Crippen molar-refractivity contribution < 1.29 is 18.7 Å². The first-order valence-electron chi connectivity index (χ1n) is 13.6. The third kappa shape index (κ3) is 6.08. The van der Waals surface area contributed by atoms with E-state index in [1.54, 1.807) is 19.2 Å². The van der Waals surface area contributed by atoms with Crippen molar-refractivity contribution >= 4 is 23.1 Å². The standard InChI is InChI=1S/C32H36FN3O3/c1-22-30(21-31(37)39-3)36(34-32(22)25-9-11-26(33)12-10-25)27-13-7-23(8-14-27)19-24-15-17-35(18-16-24)28-5-4-6-29(20-28)38-2/h4-14,20,22,24,30H,15-19,21H2,1-3H3/t22-,30-/m0/s1. The monoisotopic (exact) mass is 529 g/mol. The molecule has 3 aromatic carbocycles. The molecule has 2 aliphatic heterocycles. The molecule has 2 heterocycles. The number of carbonyl (C=O) groups is 1. The second kappa shape index (κ2) is 11.9. The maximum Gasteiger partial charge on any atom is 0.307 e. The summed E-state index contributed by atoms with van der Waals surface area (Å²) in [5.74, 6) is 0.951. The molecule has 1 saturated heterocycles. The summed E-state index contributed by atoms with van der Waals surface area (Å²) in [4.78, 5) is 14.7. The number of hydrogen-bond acceptors (Lipinski definition) is 6. The fraction of sp³-hybridized carbons (Fsp3) is 0.375. The minimum atomic E-state index is -0.283. The number of esters is 1. The first kappa shape index (κ1) is 26.7. The van der Waals surface area contributed by atoms with E-state index in [-0.39, 0.29) is 30.2 Å². The topological polar surface area (TPSA) is 54.4 Å². The quantitative estimate of drug-likeness (QED) is 0.331. The van der Waals surface area contributed by atoms with E-state index in [1.165, 1.54) is 30.5 Å². The number of rotatable bonds is 8. The van der Waals surface area contributed by atoms with Gasteiger partial charge in [-0.05, 0) is 72.7 Å². The number of methoxy groups -OCH3 is 2. The number of nitrogens with zero attached hydrogens (tertiary/aromatic N) is 3. The van der Waals surface area contributed by atoms with Crippen molar-refractivity contribution in [2.24, 2.45) is 16.9 Å². The first-order chi connectivity index (χ1) is 18.9. The van der Waals surface area contributed by atoms with Gasteiger partial charge in [-0.15, -0.1) is 0 Å². The third-order valence-corrected chi connectivity index (χ3v) is 8.04. The van der Waals surface area contributed by atoms with Crippen LogP contribution in [0, 0.1) is 17.7 Å². The molecule has 0 aliphatic carbocycles. The van der Waals surface area contributed by atoms with Crippen molar-refractivity contribution in [3.05, 3.63) is 89.7 Å². The molecular formula is C32H36FN3O3. The van der Waals surface area contributed by atoms with Crippen molar-refractivity contribution in [1.29, 1.82) is 0 Å². The molecule has 0 unspecified atom stereocenters. The Kier molecular flexibility index (Phi) is 8.15. The number of halogens is 1. The summed E-state index contributed by atoms with van der Waals surface area (Å²) < 4.78 is 23.9. The van der Waals surface area contributed by atoms with E-state index in [9.17, 15) is 9.18 Å². The highest BCUT2D eigenvalue weighted by atomic mass is 19.1. The van der Waals surface area contributed by atoms with Gasteiger partial charge in [0.2, 0.25) is 0 Å². The molecule has 39 heavy (non-hydrogen) atoms. The van der Waals surface area contributed by atoms with Gasteiger partial charge in [-0.3, -0.25) is 9.80 Å². The molecular weight excluding hydrogens is 493 g/mol. The molecule has 0 radical (unpaired) electrons. The number of hydrogen-bond donors (Lipinski definition) is 0. The van der Waals surface area contributed by atoms with Crippen LogP contribution in [-0.2, 0) is 16.0 Å². The minimum Gasteiger partial charge on any atom is -0.497 e. The van der Waals surface area contributed by atoms with Crippen molar-refractivity contribution in [2.75, 3.05) is 37.2 Å². The number of ether oxygens (including phenoxy) is 2. The zero-order valence-electron chi connectivity index (χ0n) is 22.8. The Hall–Kier alpha value is -3.87. The van der Waals surface area contributed by atoms with E-state index in [1.807, 2.05) is 17.1 Å². The lowest BCUT2D eigenvalue weighted by atomic mass is 9.89. The normalized spacial score (nSPS) is 19.6. The molecule has 5 rings (SSSR count). The molecule has 0 aromatic heterocycles. The molecule has 2 atom stereocenters. The van der Waals surface area contributed by atoms with Crippen LogP contribution in [0.5, 0.6) is 5.75 Å². The fourth-order valence-corrected chi connectivity index (χ4v) is 5.70. The predicted octanol–water partition coefficient (Wildman–Crippen LogP) is 6.09. The average molecular weight is 530 g/mol. The highest BCUT2D eigenvalue weighted by Crippen LogP contribution is 2.34. The van der Waals surface area contributed by atoms with E-state index in [2.05, 4.69) is 48.2 Å². The number of hydrazone groups is 1. The lowest BCUT2D eigenvalue weighted by molar-refractivity contribution is -0.141. The Morgan fingerprint density at radius 1 is 0.974 bits per heavy atom. The summed E-state index contributed by atoms with van der Waals surface area (Å²) in [5, 5.41) is 6.84. The Bertz CT molecular complexity index is 1300. The van der Waals surface area contributed by atoms with Crippen LogP contribution in [-0.4, -0.2) is 45.0 Å².